The predicted octanol–water partition coefficient (Wildman–Crippen LogP) is -2.63. The zero-order chi connectivity index (χ0) is 32.1. The molecule has 43 heavy (non-hydrogen) atoms. The summed E-state index contributed by atoms with van der Waals surface area (Å²) in [5.41, 5.74) is 22.7. The Kier molecular flexibility index (Phi) is 12.9. The third-order valence-electron chi connectivity index (χ3n) is 6.33. The minimum absolute atomic E-state index is 0.0271. The number of carbonyl (C=O) groups is 6. The number of nitrogens with zero attached hydrogens (tertiary/aromatic N) is 1. The standard InChI is InChI=1S/C26H37N9O8/c27-15(11-20(28)36)22(39)33-17(7-8-21(37)38)23(40)35-19(10-13-12-32-16-5-2-1-4-14(13)16)24(41)34-18(25(42)43)6-3-9-31-26(29)30/h1-2,4-5,12,15,17-19,32H,3,6-11,27H2,(H2,28,36)(H,33,39)(H,34,41)(H,35,40)(H,37,38)(H,42,43)(H4,29,30,31). The van der Waals surface area contributed by atoms with Gasteiger partial charge < -0.3 is 54.1 Å². The van der Waals surface area contributed by atoms with Crippen LogP contribution in [0.5, 0.6) is 0 Å². The second kappa shape index (κ2) is 16.3. The minimum Gasteiger partial charge on any atom is -0.481 e. The maximum absolute atomic E-state index is 13.4. The molecule has 17 heteroatoms. The van der Waals surface area contributed by atoms with Crippen LogP contribution in [-0.2, 0) is 35.2 Å². The summed E-state index contributed by atoms with van der Waals surface area (Å²) in [7, 11) is 0. The van der Waals surface area contributed by atoms with E-state index in [2.05, 4.69) is 25.9 Å². The van der Waals surface area contributed by atoms with Crippen molar-refractivity contribution in [3.63, 3.8) is 0 Å². The van der Waals surface area contributed by atoms with E-state index >= 15 is 0 Å². The Bertz CT molecular complexity index is 1360. The van der Waals surface area contributed by atoms with E-state index in [4.69, 9.17) is 28.0 Å². The van der Waals surface area contributed by atoms with E-state index in [0.29, 0.717) is 5.56 Å². The van der Waals surface area contributed by atoms with Crippen LogP contribution >= 0.6 is 0 Å². The number of benzene rings is 1. The van der Waals surface area contributed by atoms with Gasteiger partial charge in [0, 0.05) is 36.5 Å². The van der Waals surface area contributed by atoms with E-state index in [9.17, 15) is 33.9 Å². The van der Waals surface area contributed by atoms with E-state index < -0.39 is 72.6 Å². The van der Waals surface area contributed by atoms with Crippen molar-refractivity contribution in [2.24, 2.45) is 27.9 Å². The lowest BCUT2D eigenvalue weighted by atomic mass is 10.0. The summed E-state index contributed by atoms with van der Waals surface area (Å²) in [5.74, 6) is -6.33. The number of guanidine groups is 1. The van der Waals surface area contributed by atoms with Crippen LogP contribution < -0.4 is 38.9 Å². The summed E-state index contributed by atoms with van der Waals surface area (Å²) in [4.78, 5) is 80.4. The van der Waals surface area contributed by atoms with Gasteiger partial charge in [0.15, 0.2) is 5.96 Å². The molecule has 2 rings (SSSR count). The van der Waals surface area contributed by atoms with Crippen LogP contribution in [0.25, 0.3) is 10.9 Å². The average Bonchev–Trinajstić information content (AvgIpc) is 3.33. The lowest BCUT2D eigenvalue weighted by molar-refractivity contribution is -0.142. The largest absolute Gasteiger partial charge is 0.481 e. The minimum atomic E-state index is -1.46. The van der Waals surface area contributed by atoms with E-state index in [0.717, 1.165) is 10.9 Å². The third-order valence-corrected chi connectivity index (χ3v) is 6.33. The summed E-state index contributed by atoms with van der Waals surface area (Å²) in [6.45, 7) is 0.125. The first-order chi connectivity index (χ1) is 20.3. The average molecular weight is 604 g/mol. The molecular formula is C26H37N9O8. The molecule has 4 unspecified atom stereocenters. The number of carboxylic acids is 2. The van der Waals surface area contributed by atoms with Crippen LogP contribution in [0.1, 0.15) is 37.7 Å². The van der Waals surface area contributed by atoms with Gasteiger partial charge in [0.1, 0.15) is 18.1 Å². The number of aromatic nitrogens is 1. The highest BCUT2D eigenvalue weighted by atomic mass is 16.4. The third kappa shape index (κ3) is 11.3. The van der Waals surface area contributed by atoms with Crippen LogP contribution in [0.2, 0.25) is 0 Å². The number of carboxylic acid groups (broad SMARTS) is 2. The Morgan fingerprint density at radius 1 is 0.860 bits per heavy atom. The zero-order valence-corrected chi connectivity index (χ0v) is 23.2. The second-order valence-corrected chi connectivity index (χ2v) is 9.74. The highest BCUT2D eigenvalue weighted by molar-refractivity contribution is 5.95. The summed E-state index contributed by atoms with van der Waals surface area (Å²) < 4.78 is 0. The van der Waals surface area contributed by atoms with E-state index in [1.165, 1.54) is 0 Å². The van der Waals surface area contributed by atoms with Crippen molar-refractivity contribution in [1.82, 2.24) is 20.9 Å². The van der Waals surface area contributed by atoms with Gasteiger partial charge in [-0.1, -0.05) is 18.2 Å². The van der Waals surface area contributed by atoms with Gasteiger partial charge in [0.2, 0.25) is 23.6 Å². The summed E-state index contributed by atoms with van der Waals surface area (Å²) in [5, 5.41) is 26.8. The highest BCUT2D eigenvalue weighted by Gasteiger charge is 2.31. The zero-order valence-electron chi connectivity index (χ0n) is 23.2. The van der Waals surface area contributed by atoms with Gasteiger partial charge in [0.25, 0.3) is 0 Å². The number of para-hydroxylation sites is 1. The first-order valence-electron chi connectivity index (χ1n) is 13.3. The number of aliphatic carboxylic acids is 2. The number of nitrogens with two attached hydrogens (primary N) is 4. The maximum atomic E-state index is 13.4. The SMILES string of the molecule is NC(=O)CC(N)C(=O)NC(CCC(=O)O)C(=O)NC(Cc1c[nH]c2ccccc12)C(=O)NC(CCCN=C(N)N)C(=O)O. The number of rotatable bonds is 18. The van der Waals surface area contributed by atoms with Gasteiger partial charge in [-0.05, 0) is 30.9 Å². The number of aromatic amines is 1. The van der Waals surface area contributed by atoms with Gasteiger partial charge in [-0.25, -0.2) is 4.79 Å². The number of hydrogen-bond acceptors (Lipinski definition) is 8. The smallest absolute Gasteiger partial charge is 0.326 e. The molecule has 0 fully saturated rings. The quantitative estimate of drug-likeness (QED) is 0.0477. The number of carbonyl (C=O) groups excluding carboxylic acids is 4. The molecule has 0 saturated carbocycles. The van der Waals surface area contributed by atoms with Gasteiger partial charge in [-0.3, -0.25) is 29.0 Å². The molecule has 1 aromatic carbocycles. The van der Waals surface area contributed by atoms with Gasteiger partial charge in [-0.15, -0.1) is 0 Å². The van der Waals surface area contributed by atoms with E-state index in [1.54, 1.807) is 30.5 Å². The van der Waals surface area contributed by atoms with Crippen molar-refractivity contribution < 1.29 is 39.0 Å². The van der Waals surface area contributed by atoms with Crippen LogP contribution in [0.3, 0.4) is 0 Å². The normalized spacial score (nSPS) is 13.6. The van der Waals surface area contributed by atoms with Crippen molar-refractivity contribution in [3.8, 4) is 0 Å². The fourth-order valence-corrected chi connectivity index (χ4v) is 4.16. The number of nitrogens with one attached hydrogen (secondary N) is 4. The first-order valence-corrected chi connectivity index (χ1v) is 13.3. The molecule has 2 aromatic rings. The Morgan fingerprint density at radius 2 is 1.49 bits per heavy atom. The molecule has 1 heterocycles. The topological polar surface area (TPSA) is 311 Å². The van der Waals surface area contributed by atoms with Crippen LogP contribution in [0.4, 0.5) is 0 Å². The molecule has 4 atom stereocenters. The Balaban J connectivity index is 2.32. The van der Waals surface area contributed by atoms with Crippen molar-refractivity contribution in [3.05, 3.63) is 36.0 Å². The Hall–Kier alpha value is -5.19. The summed E-state index contributed by atoms with van der Waals surface area (Å²) >= 11 is 0. The summed E-state index contributed by atoms with van der Waals surface area (Å²) in [6, 6.07) is 1.60. The highest BCUT2D eigenvalue weighted by Crippen LogP contribution is 2.19. The predicted molar refractivity (Wildman–Crippen MR) is 154 cm³/mol. The van der Waals surface area contributed by atoms with Gasteiger partial charge >= 0.3 is 11.9 Å². The number of primary amides is 1. The van der Waals surface area contributed by atoms with Crippen molar-refractivity contribution in [1.29, 1.82) is 0 Å². The molecule has 1 aromatic heterocycles. The first kappa shape index (κ1) is 34.0. The number of H-pyrrole nitrogens is 1. The number of aliphatic imine (C=N–C) groups is 1. The lowest BCUT2D eigenvalue weighted by Gasteiger charge is -2.25. The molecule has 0 aliphatic carbocycles. The molecule has 0 bridgehead atoms. The molecular weight excluding hydrogens is 566 g/mol. The molecule has 0 aliphatic heterocycles. The fourth-order valence-electron chi connectivity index (χ4n) is 4.16. The van der Waals surface area contributed by atoms with Crippen molar-refractivity contribution in [2.75, 3.05) is 6.54 Å². The second-order valence-electron chi connectivity index (χ2n) is 9.74. The van der Waals surface area contributed by atoms with Gasteiger partial charge in [0.05, 0.1) is 12.5 Å². The molecule has 14 N–H and O–H groups in total. The van der Waals surface area contributed by atoms with E-state index in [-0.39, 0.29) is 38.2 Å². The molecule has 0 aliphatic rings. The molecule has 4 amide bonds. The van der Waals surface area contributed by atoms with Crippen molar-refractivity contribution in [2.45, 2.75) is 62.7 Å². The molecule has 17 nitrogen and oxygen atoms in total. The molecule has 234 valence electrons. The number of fused-ring (bicyclic) bond motifs is 1. The molecule has 0 radical (unpaired) electrons. The number of hydrogen-bond donors (Lipinski definition) is 10. The lowest BCUT2D eigenvalue weighted by Crippen LogP contribution is -2.57. The summed E-state index contributed by atoms with van der Waals surface area (Å²) in [6.07, 6.45) is 0.310. The molecule has 0 spiro atoms. The van der Waals surface area contributed by atoms with Crippen LogP contribution in [0, 0.1) is 0 Å². The molecule has 0 saturated heterocycles. The maximum Gasteiger partial charge on any atom is 0.326 e. The Labute approximate surface area is 245 Å². The fraction of sp³-hybridized carbons (Fsp3) is 0.423. The van der Waals surface area contributed by atoms with Crippen LogP contribution in [0.15, 0.2) is 35.5 Å². The van der Waals surface area contributed by atoms with Crippen LogP contribution in [-0.4, -0.2) is 87.4 Å². The van der Waals surface area contributed by atoms with Crippen molar-refractivity contribution >= 4 is 52.4 Å². The monoisotopic (exact) mass is 603 g/mol. The van der Waals surface area contributed by atoms with E-state index in [1.807, 2.05) is 0 Å². The van der Waals surface area contributed by atoms with Gasteiger partial charge in [-0.2, -0.15) is 0 Å². The number of amides is 4. The Morgan fingerprint density at radius 3 is 2.12 bits per heavy atom.